The average Bonchev–Trinajstić information content (AvgIpc) is 2.35. The van der Waals surface area contributed by atoms with Crippen LogP contribution in [-0.4, -0.2) is 29.1 Å². The molecule has 0 saturated heterocycles. The van der Waals surface area contributed by atoms with Gasteiger partial charge in [0.05, 0.1) is 11.6 Å². The summed E-state index contributed by atoms with van der Waals surface area (Å²) in [6.07, 6.45) is 0.491. The number of carboxylic acids is 1. The summed E-state index contributed by atoms with van der Waals surface area (Å²) in [5.41, 5.74) is 1.28. The number of nitrogens with zero attached hydrogens (tertiary/aromatic N) is 2. The summed E-state index contributed by atoms with van der Waals surface area (Å²) in [4.78, 5) is 13.1. The van der Waals surface area contributed by atoms with Crippen LogP contribution in [0.1, 0.15) is 36.2 Å². The second-order valence-corrected chi connectivity index (χ2v) is 5.04. The van der Waals surface area contributed by atoms with Crippen LogP contribution in [0.15, 0.2) is 24.3 Å². The Morgan fingerprint density at radius 1 is 1.47 bits per heavy atom. The molecule has 0 aliphatic rings. The molecule has 1 aromatic carbocycles. The minimum Gasteiger partial charge on any atom is -0.478 e. The fourth-order valence-electron chi connectivity index (χ4n) is 2.02. The highest BCUT2D eigenvalue weighted by atomic mass is 16.4. The van der Waals surface area contributed by atoms with E-state index in [0.717, 1.165) is 12.1 Å². The summed E-state index contributed by atoms with van der Waals surface area (Å²) in [6, 6.07) is 9.12. The molecule has 1 aromatic rings. The Labute approximate surface area is 114 Å². The minimum absolute atomic E-state index is 0.308. The van der Waals surface area contributed by atoms with Crippen LogP contribution >= 0.6 is 0 Å². The number of carbonyl (C=O) groups is 1. The van der Waals surface area contributed by atoms with E-state index in [4.69, 9.17) is 10.4 Å². The molecule has 0 aromatic heterocycles. The summed E-state index contributed by atoms with van der Waals surface area (Å²) in [5, 5.41) is 17.7. The molecule has 0 saturated carbocycles. The van der Waals surface area contributed by atoms with E-state index in [9.17, 15) is 4.79 Å². The van der Waals surface area contributed by atoms with Gasteiger partial charge >= 0.3 is 5.97 Å². The van der Waals surface area contributed by atoms with Gasteiger partial charge in [0.2, 0.25) is 0 Å². The van der Waals surface area contributed by atoms with Gasteiger partial charge < -0.3 is 5.11 Å². The number of nitriles is 1. The van der Waals surface area contributed by atoms with Gasteiger partial charge in [-0.05, 0) is 23.6 Å². The van der Waals surface area contributed by atoms with Gasteiger partial charge in [-0.1, -0.05) is 26.0 Å². The number of rotatable bonds is 7. The third-order valence-corrected chi connectivity index (χ3v) is 2.74. The van der Waals surface area contributed by atoms with Gasteiger partial charge in [0, 0.05) is 26.1 Å². The highest BCUT2D eigenvalue weighted by molar-refractivity contribution is 5.87. The van der Waals surface area contributed by atoms with Crippen molar-refractivity contribution in [2.45, 2.75) is 26.8 Å². The summed E-state index contributed by atoms with van der Waals surface area (Å²) in [5.74, 6) is -0.393. The fraction of sp³-hybridized carbons (Fsp3) is 0.467. The largest absolute Gasteiger partial charge is 0.478 e. The lowest BCUT2D eigenvalue weighted by molar-refractivity contribution is 0.0696. The van der Waals surface area contributed by atoms with Gasteiger partial charge in [-0.2, -0.15) is 5.26 Å². The number of hydrogen-bond donors (Lipinski definition) is 1. The Kier molecular flexibility index (Phi) is 6.04. The molecule has 4 heteroatoms. The van der Waals surface area contributed by atoms with Gasteiger partial charge in [0.1, 0.15) is 0 Å². The van der Waals surface area contributed by atoms with Gasteiger partial charge in [-0.15, -0.1) is 0 Å². The molecule has 0 radical (unpaired) electrons. The average molecular weight is 260 g/mol. The van der Waals surface area contributed by atoms with Gasteiger partial charge in [-0.3, -0.25) is 4.90 Å². The van der Waals surface area contributed by atoms with E-state index in [0.29, 0.717) is 31.0 Å². The zero-order chi connectivity index (χ0) is 14.3. The van der Waals surface area contributed by atoms with Crippen LogP contribution in [0.2, 0.25) is 0 Å². The third-order valence-electron chi connectivity index (χ3n) is 2.74. The molecule has 0 bridgehead atoms. The van der Waals surface area contributed by atoms with Crippen molar-refractivity contribution in [2.75, 3.05) is 13.1 Å². The van der Waals surface area contributed by atoms with Crippen molar-refractivity contribution >= 4 is 5.97 Å². The van der Waals surface area contributed by atoms with E-state index in [-0.39, 0.29) is 0 Å². The molecular weight excluding hydrogens is 240 g/mol. The monoisotopic (exact) mass is 260 g/mol. The maximum atomic E-state index is 10.9. The molecule has 0 unspecified atom stereocenters. The van der Waals surface area contributed by atoms with Gasteiger partial charge in [0.25, 0.3) is 0 Å². The molecule has 0 atom stereocenters. The lowest BCUT2D eigenvalue weighted by atomic mass is 10.1. The zero-order valence-electron chi connectivity index (χ0n) is 11.5. The molecule has 0 amide bonds. The summed E-state index contributed by atoms with van der Waals surface area (Å²) in [7, 11) is 0. The van der Waals surface area contributed by atoms with Crippen molar-refractivity contribution < 1.29 is 9.90 Å². The molecular formula is C15H20N2O2. The van der Waals surface area contributed by atoms with Crippen molar-refractivity contribution in [1.29, 1.82) is 5.26 Å². The molecule has 19 heavy (non-hydrogen) atoms. The van der Waals surface area contributed by atoms with Crippen LogP contribution in [0.25, 0.3) is 0 Å². The van der Waals surface area contributed by atoms with Crippen molar-refractivity contribution in [3.05, 3.63) is 35.4 Å². The lowest BCUT2D eigenvalue weighted by Gasteiger charge is -2.23. The van der Waals surface area contributed by atoms with E-state index in [1.165, 1.54) is 0 Å². The first kappa shape index (κ1) is 15.2. The second kappa shape index (κ2) is 7.55. The lowest BCUT2D eigenvalue weighted by Crippen LogP contribution is -2.28. The molecule has 0 heterocycles. The molecule has 0 fully saturated rings. The third kappa shape index (κ3) is 5.54. The molecule has 0 spiro atoms. The van der Waals surface area contributed by atoms with Crippen LogP contribution in [-0.2, 0) is 6.54 Å². The van der Waals surface area contributed by atoms with E-state index in [1.807, 2.05) is 6.07 Å². The smallest absolute Gasteiger partial charge is 0.335 e. The predicted molar refractivity (Wildman–Crippen MR) is 73.7 cm³/mol. The van der Waals surface area contributed by atoms with Crippen LogP contribution in [0.5, 0.6) is 0 Å². The van der Waals surface area contributed by atoms with Crippen LogP contribution in [0, 0.1) is 17.2 Å². The van der Waals surface area contributed by atoms with Crippen LogP contribution < -0.4 is 0 Å². The quantitative estimate of drug-likeness (QED) is 0.818. The maximum Gasteiger partial charge on any atom is 0.335 e. The molecule has 0 aliphatic heterocycles. The van der Waals surface area contributed by atoms with E-state index >= 15 is 0 Å². The molecule has 0 aliphatic carbocycles. The van der Waals surface area contributed by atoms with Crippen molar-refractivity contribution in [2.24, 2.45) is 5.92 Å². The maximum absolute atomic E-state index is 10.9. The summed E-state index contributed by atoms with van der Waals surface area (Å²) < 4.78 is 0. The van der Waals surface area contributed by atoms with Crippen LogP contribution in [0.4, 0.5) is 0 Å². The Bertz CT molecular complexity index is 463. The first-order valence-corrected chi connectivity index (χ1v) is 6.44. The number of carboxylic acid groups (broad SMARTS) is 1. The predicted octanol–water partition coefficient (Wildman–Crippen LogP) is 2.76. The Balaban J connectivity index is 2.74. The number of aromatic carboxylic acids is 1. The Morgan fingerprint density at radius 2 is 2.21 bits per heavy atom. The SMILES string of the molecule is CC(C)CN(CCC#N)Cc1cccc(C(=O)O)c1. The number of hydrogen-bond acceptors (Lipinski definition) is 3. The Hall–Kier alpha value is -1.86. The van der Waals surface area contributed by atoms with Crippen molar-refractivity contribution in [1.82, 2.24) is 4.90 Å². The van der Waals surface area contributed by atoms with E-state index in [2.05, 4.69) is 24.8 Å². The van der Waals surface area contributed by atoms with E-state index in [1.54, 1.807) is 18.2 Å². The van der Waals surface area contributed by atoms with Crippen LogP contribution in [0.3, 0.4) is 0 Å². The molecule has 102 valence electrons. The van der Waals surface area contributed by atoms with Gasteiger partial charge in [0.15, 0.2) is 0 Å². The first-order chi connectivity index (χ1) is 9.02. The van der Waals surface area contributed by atoms with Crippen molar-refractivity contribution in [3.8, 4) is 6.07 Å². The highest BCUT2D eigenvalue weighted by Crippen LogP contribution is 2.10. The second-order valence-electron chi connectivity index (χ2n) is 5.04. The normalized spacial score (nSPS) is 10.7. The summed E-state index contributed by atoms with van der Waals surface area (Å²) >= 11 is 0. The fourth-order valence-corrected chi connectivity index (χ4v) is 2.02. The first-order valence-electron chi connectivity index (χ1n) is 6.44. The van der Waals surface area contributed by atoms with E-state index < -0.39 is 5.97 Å². The van der Waals surface area contributed by atoms with Crippen molar-refractivity contribution in [3.63, 3.8) is 0 Å². The standard InChI is InChI=1S/C15H20N2O2/c1-12(2)10-17(8-4-7-16)11-13-5-3-6-14(9-13)15(18)19/h3,5-6,9,12H,4,8,10-11H2,1-2H3,(H,18,19). The number of benzene rings is 1. The van der Waals surface area contributed by atoms with Gasteiger partial charge in [-0.25, -0.2) is 4.79 Å². The summed E-state index contributed by atoms with van der Waals surface area (Å²) in [6.45, 7) is 6.56. The topological polar surface area (TPSA) is 64.3 Å². The molecule has 1 rings (SSSR count). The minimum atomic E-state index is -0.908. The highest BCUT2D eigenvalue weighted by Gasteiger charge is 2.09. The molecule has 1 N–H and O–H groups in total. The zero-order valence-corrected chi connectivity index (χ0v) is 11.5. The Morgan fingerprint density at radius 3 is 2.79 bits per heavy atom. The molecule has 4 nitrogen and oxygen atoms in total.